The van der Waals surface area contributed by atoms with Gasteiger partial charge in [-0.25, -0.2) is 4.39 Å². The number of hydrogen-bond donors (Lipinski definition) is 1. The van der Waals surface area contributed by atoms with Crippen LogP contribution in [0.25, 0.3) is 0 Å². The lowest BCUT2D eigenvalue weighted by molar-refractivity contribution is 0.107. The van der Waals surface area contributed by atoms with E-state index in [1.165, 1.54) is 18.9 Å². The van der Waals surface area contributed by atoms with E-state index in [1.54, 1.807) is 12.1 Å². The Balaban J connectivity index is 1.92. The zero-order valence-corrected chi connectivity index (χ0v) is 12.2. The van der Waals surface area contributed by atoms with Crippen molar-refractivity contribution < 1.29 is 4.39 Å². The van der Waals surface area contributed by atoms with E-state index in [0.717, 1.165) is 24.6 Å². The summed E-state index contributed by atoms with van der Waals surface area (Å²) in [5.74, 6) is 0.595. The molecule has 0 spiro atoms. The predicted octanol–water partition coefficient (Wildman–Crippen LogP) is 3.67. The van der Waals surface area contributed by atoms with Crippen LogP contribution in [0, 0.1) is 17.2 Å². The van der Waals surface area contributed by atoms with Crippen molar-refractivity contribution in [3.8, 4) is 0 Å². The van der Waals surface area contributed by atoms with Crippen LogP contribution in [0.1, 0.15) is 39.2 Å². The van der Waals surface area contributed by atoms with Crippen LogP contribution in [0.4, 0.5) is 10.1 Å². The zero-order valence-electron chi connectivity index (χ0n) is 12.2. The molecule has 2 nitrogen and oxygen atoms in total. The van der Waals surface area contributed by atoms with Crippen molar-refractivity contribution in [3.05, 3.63) is 29.6 Å². The van der Waals surface area contributed by atoms with Crippen LogP contribution in [0.3, 0.4) is 0 Å². The normalized spacial score (nSPS) is 18.7. The van der Waals surface area contributed by atoms with Crippen LogP contribution in [-0.4, -0.2) is 18.0 Å². The third-order valence-electron chi connectivity index (χ3n) is 4.28. The summed E-state index contributed by atoms with van der Waals surface area (Å²) in [4.78, 5) is 2.34. The molecule has 1 aromatic carbocycles. The minimum Gasteiger partial charge on any atom is -0.399 e. The largest absolute Gasteiger partial charge is 0.399 e. The quantitative estimate of drug-likeness (QED) is 0.826. The number of rotatable bonds is 2. The van der Waals surface area contributed by atoms with Gasteiger partial charge in [0.05, 0.1) is 0 Å². The first-order valence-corrected chi connectivity index (χ1v) is 7.12. The summed E-state index contributed by atoms with van der Waals surface area (Å²) < 4.78 is 13.8. The zero-order chi connectivity index (χ0) is 14.0. The standard InChI is InChI=1S/C16H25FN2/c1-16(2,3)13-6-8-19(9-7-13)11-12-4-5-14(18)10-15(12)17/h4-5,10,13H,6-9,11,18H2,1-3H3. The molecule has 1 aliphatic rings. The van der Waals surface area contributed by atoms with Crippen LogP contribution in [0.2, 0.25) is 0 Å². The van der Waals surface area contributed by atoms with E-state index in [0.29, 0.717) is 17.6 Å². The first kappa shape index (κ1) is 14.3. The molecule has 1 aliphatic heterocycles. The number of nitrogen functional groups attached to an aromatic ring is 1. The van der Waals surface area contributed by atoms with Crippen molar-refractivity contribution in [3.63, 3.8) is 0 Å². The van der Waals surface area contributed by atoms with E-state index in [2.05, 4.69) is 25.7 Å². The molecule has 1 aromatic rings. The maximum Gasteiger partial charge on any atom is 0.129 e. The van der Waals surface area contributed by atoms with E-state index in [4.69, 9.17) is 5.73 Å². The van der Waals surface area contributed by atoms with Crippen molar-refractivity contribution >= 4 is 5.69 Å². The average molecular weight is 264 g/mol. The Hall–Kier alpha value is -1.09. The molecule has 0 radical (unpaired) electrons. The van der Waals surface area contributed by atoms with Gasteiger partial charge >= 0.3 is 0 Å². The molecule has 2 rings (SSSR count). The van der Waals surface area contributed by atoms with Crippen molar-refractivity contribution in [2.45, 2.75) is 40.2 Å². The third kappa shape index (κ3) is 3.69. The van der Waals surface area contributed by atoms with Gasteiger partial charge in [0.25, 0.3) is 0 Å². The molecule has 1 heterocycles. The molecular weight excluding hydrogens is 239 g/mol. The fourth-order valence-electron chi connectivity index (χ4n) is 2.89. The maximum atomic E-state index is 13.8. The summed E-state index contributed by atoms with van der Waals surface area (Å²) in [6.07, 6.45) is 2.42. The Labute approximate surface area is 115 Å². The first-order valence-electron chi connectivity index (χ1n) is 7.12. The molecule has 2 N–H and O–H groups in total. The Kier molecular flexibility index (Phi) is 4.14. The molecule has 0 aliphatic carbocycles. The molecule has 0 aromatic heterocycles. The second kappa shape index (κ2) is 5.49. The van der Waals surface area contributed by atoms with Gasteiger partial charge in [0, 0.05) is 17.8 Å². The molecule has 0 amide bonds. The van der Waals surface area contributed by atoms with Crippen molar-refractivity contribution in [2.75, 3.05) is 18.8 Å². The highest BCUT2D eigenvalue weighted by molar-refractivity contribution is 5.40. The monoisotopic (exact) mass is 264 g/mol. The van der Waals surface area contributed by atoms with Gasteiger partial charge in [-0.1, -0.05) is 26.8 Å². The molecule has 1 fully saturated rings. The number of nitrogens with zero attached hydrogens (tertiary/aromatic N) is 1. The van der Waals surface area contributed by atoms with Gasteiger partial charge in [-0.15, -0.1) is 0 Å². The summed E-state index contributed by atoms with van der Waals surface area (Å²) in [5.41, 5.74) is 7.21. The van der Waals surface area contributed by atoms with Gasteiger partial charge in [-0.3, -0.25) is 4.90 Å². The second-order valence-electron chi connectivity index (χ2n) is 6.77. The fourth-order valence-corrected chi connectivity index (χ4v) is 2.89. The molecule has 3 heteroatoms. The van der Waals surface area contributed by atoms with Crippen molar-refractivity contribution in [2.24, 2.45) is 11.3 Å². The number of benzene rings is 1. The molecule has 1 saturated heterocycles. The summed E-state index contributed by atoms with van der Waals surface area (Å²) in [6.45, 7) is 9.76. The molecular formula is C16H25FN2. The number of halogens is 1. The highest BCUT2D eigenvalue weighted by Crippen LogP contribution is 2.34. The molecule has 0 unspecified atom stereocenters. The van der Waals surface area contributed by atoms with Crippen molar-refractivity contribution in [1.82, 2.24) is 4.90 Å². The molecule has 0 bridgehead atoms. The summed E-state index contributed by atoms with van der Waals surface area (Å²) >= 11 is 0. The smallest absolute Gasteiger partial charge is 0.129 e. The third-order valence-corrected chi connectivity index (χ3v) is 4.28. The number of nitrogens with two attached hydrogens (primary N) is 1. The van der Waals surface area contributed by atoms with E-state index in [-0.39, 0.29) is 5.82 Å². The summed E-state index contributed by atoms with van der Waals surface area (Å²) in [7, 11) is 0. The van der Waals surface area contributed by atoms with Crippen LogP contribution in [-0.2, 0) is 6.54 Å². The lowest BCUT2D eigenvalue weighted by atomic mass is 9.75. The van der Waals surface area contributed by atoms with Gasteiger partial charge < -0.3 is 5.73 Å². The van der Waals surface area contributed by atoms with Gasteiger partial charge in [-0.05, 0) is 49.4 Å². The van der Waals surface area contributed by atoms with Crippen molar-refractivity contribution in [1.29, 1.82) is 0 Å². The van der Waals surface area contributed by atoms with E-state index in [1.807, 2.05) is 0 Å². The van der Waals surface area contributed by atoms with Crippen LogP contribution in [0.5, 0.6) is 0 Å². The molecule has 0 atom stereocenters. The van der Waals surface area contributed by atoms with E-state index in [9.17, 15) is 4.39 Å². The van der Waals surface area contributed by atoms with Gasteiger partial charge in [-0.2, -0.15) is 0 Å². The number of anilines is 1. The van der Waals surface area contributed by atoms with Gasteiger partial charge in [0.1, 0.15) is 5.82 Å². The Bertz CT molecular complexity index is 429. The lowest BCUT2D eigenvalue weighted by Crippen LogP contribution is -2.37. The van der Waals surface area contributed by atoms with Gasteiger partial charge in [0.2, 0.25) is 0 Å². The average Bonchev–Trinajstić information content (AvgIpc) is 2.32. The van der Waals surface area contributed by atoms with Crippen LogP contribution >= 0.6 is 0 Å². The number of piperidine rings is 1. The highest BCUT2D eigenvalue weighted by Gasteiger charge is 2.28. The first-order chi connectivity index (χ1) is 8.86. The number of hydrogen-bond acceptors (Lipinski definition) is 2. The van der Waals surface area contributed by atoms with Crippen LogP contribution in [0.15, 0.2) is 18.2 Å². The van der Waals surface area contributed by atoms with Gasteiger partial charge in [0.15, 0.2) is 0 Å². The minimum atomic E-state index is -0.182. The number of likely N-dealkylation sites (tertiary alicyclic amines) is 1. The Morgan fingerprint density at radius 1 is 1.26 bits per heavy atom. The van der Waals surface area contributed by atoms with E-state index < -0.39 is 0 Å². The SMILES string of the molecule is CC(C)(C)C1CCN(Cc2ccc(N)cc2F)CC1. The molecule has 106 valence electrons. The fraction of sp³-hybridized carbons (Fsp3) is 0.625. The predicted molar refractivity (Wildman–Crippen MR) is 78.3 cm³/mol. The summed E-state index contributed by atoms with van der Waals surface area (Å²) in [5, 5.41) is 0. The maximum absolute atomic E-state index is 13.8. The minimum absolute atomic E-state index is 0.182. The lowest BCUT2D eigenvalue weighted by Gasteiger charge is -2.38. The summed E-state index contributed by atoms with van der Waals surface area (Å²) in [6, 6.07) is 5.00. The van der Waals surface area contributed by atoms with Crippen LogP contribution < -0.4 is 5.73 Å². The topological polar surface area (TPSA) is 29.3 Å². The van der Waals surface area contributed by atoms with E-state index >= 15 is 0 Å². The molecule has 0 saturated carbocycles. The molecule has 19 heavy (non-hydrogen) atoms. The second-order valence-corrected chi connectivity index (χ2v) is 6.77. The highest BCUT2D eigenvalue weighted by atomic mass is 19.1. The Morgan fingerprint density at radius 2 is 1.89 bits per heavy atom. The Morgan fingerprint density at radius 3 is 2.42 bits per heavy atom.